The summed E-state index contributed by atoms with van der Waals surface area (Å²) >= 11 is 0. The Hall–Kier alpha value is -1.87. The highest BCUT2D eigenvalue weighted by atomic mass is 127. The summed E-state index contributed by atoms with van der Waals surface area (Å²) in [7, 11) is 3.32. The van der Waals surface area contributed by atoms with E-state index >= 15 is 0 Å². The van der Waals surface area contributed by atoms with E-state index in [1.54, 1.807) is 26.3 Å². The van der Waals surface area contributed by atoms with Crippen LogP contribution in [-0.4, -0.2) is 25.2 Å². The monoisotopic (exact) mass is 459 g/mol. The summed E-state index contributed by atoms with van der Waals surface area (Å²) in [5, 5.41) is 15.5. The molecule has 0 spiro atoms. The van der Waals surface area contributed by atoms with Gasteiger partial charge in [-0.1, -0.05) is 24.3 Å². The lowest BCUT2D eigenvalue weighted by atomic mass is 10.1. The van der Waals surface area contributed by atoms with Gasteiger partial charge in [-0.25, -0.2) is 4.39 Å². The highest BCUT2D eigenvalue weighted by Crippen LogP contribution is 2.16. The van der Waals surface area contributed by atoms with Gasteiger partial charge in [-0.15, -0.1) is 24.0 Å². The van der Waals surface area contributed by atoms with Crippen LogP contribution in [0.25, 0.3) is 0 Å². The fraction of sp³-hybridized carbons (Fsp3) is 0.278. The van der Waals surface area contributed by atoms with Gasteiger partial charge in [0.1, 0.15) is 11.6 Å². The van der Waals surface area contributed by atoms with E-state index in [1.165, 1.54) is 6.07 Å². The molecule has 0 bridgehead atoms. The largest absolute Gasteiger partial charge is 0.496 e. The number of guanidine groups is 1. The molecule has 0 radical (unpaired) electrons. The molecule has 5 nitrogen and oxygen atoms in total. The Kier molecular flexibility index (Phi) is 9.22. The minimum Gasteiger partial charge on any atom is -0.496 e. The molecule has 0 aliphatic rings. The number of methoxy groups -OCH3 is 1. The summed E-state index contributed by atoms with van der Waals surface area (Å²) in [5.74, 6) is 1.03. The van der Waals surface area contributed by atoms with E-state index in [-0.39, 0.29) is 36.1 Å². The summed E-state index contributed by atoms with van der Waals surface area (Å²) in [6.07, 6.45) is 0. The zero-order valence-corrected chi connectivity index (χ0v) is 16.6. The molecule has 0 fully saturated rings. The van der Waals surface area contributed by atoms with Gasteiger partial charge in [-0.3, -0.25) is 4.99 Å². The van der Waals surface area contributed by atoms with Crippen LogP contribution < -0.4 is 15.4 Å². The average Bonchev–Trinajstić information content (AvgIpc) is 2.63. The Bertz CT molecular complexity index is 710. The molecule has 25 heavy (non-hydrogen) atoms. The lowest BCUT2D eigenvalue weighted by Gasteiger charge is -2.14. The van der Waals surface area contributed by atoms with Crippen molar-refractivity contribution >= 4 is 29.9 Å². The van der Waals surface area contributed by atoms with Crippen LogP contribution in [0.4, 0.5) is 4.39 Å². The van der Waals surface area contributed by atoms with Crippen LogP contribution in [0.3, 0.4) is 0 Å². The number of hydrogen-bond acceptors (Lipinski definition) is 3. The molecule has 3 N–H and O–H groups in total. The van der Waals surface area contributed by atoms with Crippen LogP contribution in [0.2, 0.25) is 0 Å². The number of nitrogens with zero attached hydrogens (tertiary/aromatic N) is 1. The van der Waals surface area contributed by atoms with Crippen molar-refractivity contribution < 1.29 is 14.2 Å². The fourth-order valence-corrected chi connectivity index (χ4v) is 2.29. The van der Waals surface area contributed by atoms with Crippen molar-refractivity contribution in [1.82, 2.24) is 10.6 Å². The number of halogens is 2. The van der Waals surface area contributed by atoms with Crippen molar-refractivity contribution in [2.24, 2.45) is 4.99 Å². The van der Waals surface area contributed by atoms with Gasteiger partial charge in [0.05, 0.1) is 13.7 Å². The number of para-hydroxylation sites is 1. The minimum atomic E-state index is -0.403. The molecule has 2 aromatic rings. The normalized spacial score (nSPS) is 10.8. The van der Waals surface area contributed by atoms with Crippen LogP contribution in [-0.2, 0) is 19.7 Å². The zero-order chi connectivity index (χ0) is 17.4. The molecule has 0 aliphatic carbocycles. The van der Waals surface area contributed by atoms with Gasteiger partial charge in [-0.2, -0.15) is 0 Å². The molecule has 2 rings (SSSR count). The van der Waals surface area contributed by atoms with Crippen molar-refractivity contribution in [2.75, 3.05) is 14.2 Å². The Morgan fingerprint density at radius 2 is 1.84 bits per heavy atom. The zero-order valence-electron chi connectivity index (χ0n) is 14.3. The van der Waals surface area contributed by atoms with E-state index in [4.69, 9.17) is 9.84 Å². The lowest BCUT2D eigenvalue weighted by molar-refractivity contribution is 0.275. The molecular formula is C18H23FIN3O2. The molecule has 0 amide bonds. The van der Waals surface area contributed by atoms with E-state index in [0.717, 1.165) is 16.9 Å². The first-order valence-corrected chi connectivity index (χ1v) is 7.62. The number of aliphatic hydroxyl groups excluding tert-OH is 1. The van der Waals surface area contributed by atoms with Crippen LogP contribution in [0.1, 0.15) is 16.7 Å². The molecule has 0 aliphatic heterocycles. The molecular weight excluding hydrogens is 436 g/mol. The summed E-state index contributed by atoms with van der Waals surface area (Å²) in [5.41, 5.74) is 2.17. The molecule has 2 aromatic carbocycles. The first-order chi connectivity index (χ1) is 11.7. The number of nitrogens with one attached hydrogen (secondary N) is 2. The molecule has 0 unspecified atom stereocenters. The van der Waals surface area contributed by atoms with Gasteiger partial charge in [0.2, 0.25) is 0 Å². The molecule has 0 saturated heterocycles. The third-order valence-corrected chi connectivity index (χ3v) is 3.60. The molecule has 0 aromatic heterocycles. The predicted octanol–water partition coefficient (Wildman–Crippen LogP) is 2.81. The highest BCUT2D eigenvalue weighted by Gasteiger charge is 2.05. The smallest absolute Gasteiger partial charge is 0.191 e. The van der Waals surface area contributed by atoms with Gasteiger partial charge in [0.25, 0.3) is 0 Å². The van der Waals surface area contributed by atoms with Crippen LogP contribution in [0.15, 0.2) is 47.5 Å². The number of aliphatic hydroxyl groups is 1. The topological polar surface area (TPSA) is 65.9 Å². The molecule has 0 heterocycles. The number of aliphatic imine (C=N–C) groups is 1. The second-order valence-electron chi connectivity index (χ2n) is 5.18. The highest BCUT2D eigenvalue weighted by molar-refractivity contribution is 14.0. The van der Waals surface area contributed by atoms with E-state index < -0.39 is 5.82 Å². The Morgan fingerprint density at radius 3 is 2.52 bits per heavy atom. The number of hydrogen-bond donors (Lipinski definition) is 3. The van der Waals surface area contributed by atoms with Gasteiger partial charge in [-0.05, 0) is 23.8 Å². The third kappa shape index (κ3) is 6.17. The van der Waals surface area contributed by atoms with E-state index in [0.29, 0.717) is 19.0 Å². The second-order valence-corrected chi connectivity index (χ2v) is 5.18. The maximum atomic E-state index is 13.4. The first kappa shape index (κ1) is 21.2. The van der Waals surface area contributed by atoms with Crippen LogP contribution in [0.5, 0.6) is 5.75 Å². The van der Waals surface area contributed by atoms with Crippen molar-refractivity contribution in [3.8, 4) is 5.75 Å². The number of rotatable bonds is 6. The Balaban J connectivity index is 0.00000312. The van der Waals surface area contributed by atoms with Crippen LogP contribution in [0, 0.1) is 5.82 Å². The SMILES string of the molecule is CN=C(NCc1ccc(F)c(CO)c1)NCc1ccccc1OC.I. The van der Waals surface area contributed by atoms with Crippen molar-refractivity contribution in [1.29, 1.82) is 0 Å². The maximum absolute atomic E-state index is 13.4. The van der Waals surface area contributed by atoms with Crippen molar-refractivity contribution in [3.63, 3.8) is 0 Å². The van der Waals surface area contributed by atoms with E-state index in [2.05, 4.69) is 15.6 Å². The van der Waals surface area contributed by atoms with Gasteiger partial charge in [0.15, 0.2) is 5.96 Å². The fourth-order valence-electron chi connectivity index (χ4n) is 2.29. The molecule has 136 valence electrons. The average molecular weight is 459 g/mol. The third-order valence-electron chi connectivity index (χ3n) is 3.60. The quantitative estimate of drug-likeness (QED) is 0.353. The standard InChI is InChI=1S/C18H22FN3O2.HI/c1-20-18(22-11-14-5-3-4-6-17(14)24-2)21-10-13-7-8-16(19)15(9-13)12-23;/h3-9,23H,10-12H2,1-2H3,(H2,20,21,22);1H. The van der Waals surface area contributed by atoms with Crippen molar-refractivity contribution in [2.45, 2.75) is 19.7 Å². The number of ether oxygens (including phenoxy) is 1. The van der Waals surface area contributed by atoms with E-state index in [9.17, 15) is 4.39 Å². The summed E-state index contributed by atoms with van der Waals surface area (Å²) in [6, 6.07) is 12.4. The molecule has 0 atom stereocenters. The van der Waals surface area contributed by atoms with Gasteiger partial charge in [0, 0.05) is 31.3 Å². The Morgan fingerprint density at radius 1 is 1.12 bits per heavy atom. The Labute approximate surface area is 164 Å². The lowest BCUT2D eigenvalue weighted by Crippen LogP contribution is -2.36. The van der Waals surface area contributed by atoms with Gasteiger partial charge < -0.3 is 20.5 Å². The van der Waals surface area contributed by atoms with Gasteiger partial charge >= 0.3 is 0 Å². The molecule has 7 heteroatoms. The van der Waals surface area contributed by atoms with Crippen LogP contribution >= 0.6 is 24.0 Å². The van der Waals surface area contributed by atoms with E-state index in [1.807, 2.05) is 24.3 Å². The number of benzene rings is 2. The predicted molar refractivity (Wildman–Crippen MR) is 108 cm³/mol. The van der Waals surface area contributed by atoms with Crippen molar-refractivity contribution in [3.05, 3.63) is 65.0 Å². The summed E-state index contributed by atoms with van der Waals surface area (Å²) < 4.78 is 18.7. The molecule has 0 saturated carbocycles. The summed E-state index contributed by atoms with van der Waals surface area (Å²) in [4.78, 5) is 4.16. The first-order valence-electron chi connectivity index (χ1n) is 7.62. The summed E-state index contributed by atoms with van der Waals surface area (Å²) in [6.45, 7) is 0.717. The maximum Gasteiger partial charge on any atom is 0.191 e. The second kappa shape index (κ2) is 10.9. The minimum absolute atomic E-state index is 0.